The van der Waals surface area contributed by atoms with Gasteiger partial charge in [-0.1, -0.05) is 0 Å². The molecule has 1 aliphatic rings. The maximum atomic E-state index is 11.9. The molecule has 0 radical (unpaired) electrons. The first-order valence-electron chi connectivity index (χ1n) is 7.35. The van der Waals surface area contributed by atoms with Crippen LogP contribution in [-0.4, -0.2) is 46.1 Å². The highest BCUT2D eigenvalue weighted by Gasteiger charge is 2.18. The summed E-state index contributed by atoms with van der Waals surface area (Å²) in [6.45, 7) is 3.36. The monoisotopic (exact) mass is 359 g/mol. The molecule has 4 N–H and O–H groups in total. The lowest BCUT2D eigenvalue weighted by Crippen LogP contribution is -2.35. The van der Waals surface area contributed by atoms with E-state index in [-0.39, 0.29) is 25.3 Å². The van der Waals surface area contributed by atoms with Crippen LogP contribution in [0.2, 0.25) is 0 Å². The summed E-state index contributed by atoms with van der Waals surface area (Å²) in [5, 5.41) is 2.53. The molecule has 9 nitrogen and oxygen atoms in total. The molecule has 24 heavy (non-hydrogen) atoms. The van der Waals surface area contributed by atoms with Gasteiger partial charge in [0.1, 0.15) is 0 Å². The van der Waals surface area contributed by atoms with Crippen LogP contribution in [0.4, 0.5) is 11.4 Å². The van der Waals surface area contributed by atoms with Gasteiger partial charge in [0.05, 0.1) is 36.4 Å². The van der Waals surface area contributed by atoms with Crippen molar-refractivity contribution in [2.75, 3.05) is 36.7 Å². The maximum Gasteiger partial charge on any atom is 0.239 e. The number of sulfonamides is 1. The Kier molecular flexibility index (Phi) is 5.86. The first-order valence-corrected chi connectivity index (χ1v) is 9.00. The fraction of sp³-hybridized carbons (Fsp3) is 0.500. The van der Waals surface area contributed by atoms with Crippen LogP contribution in [-0.2, 0) is 19.6 Å². The van der Waals surface area contributed by atoms with E-state index in [9.17, 15) is 13.2 Å². The molecule has 0 unspecified atom stereocenters. The van der Waals surface area contributed by atoms with Gasteiger partial charge in [-0.25, -0.2) is 13.1 Å². The molecule has 0 spiro atoms. The van der Waals surface area contributed by atoms with E-state index in [0.717, 1.165) is 0 Å². The van der Waals surface area contributed by atoms with E-state index in [2.05, 4.69) is 10.0 Å². The summed E-state index contributed by atoms with van der Waals surface area (Å²) in [4.78, 5) is 11.9. The number of hydrogen-bond donors (Lipinski definition) is 3. The average Bonchev–Trinajstić information content (AvgIpc) is 2.92. The molecular weight excluding hydrogens is 338 g/mol. The predicted molar refractivity (Wildman–Crippen MR) is 88.5 cm³/mol. The third-order valence-corrected chi connectivity index (χ3v) is 4.36. The van der Waals surface area contributed by atoms with Crippen molar-refractivity contribution in [1.82, 2.24) is 4.72 Å². The number of nitrogens with one attached hydrogen (secondary N) is 2. The molecule has 1 heterocycles. The minimum absolute atomic E-state index is 0.0579. The highest BCUT2D eigenvalue weighted by atomic mass is 32.2. The van der Waals surface area contributed by atoms with E-state index < -0.39 is 22.5 Å². The van der Waals surface area contributed by atoms with Crippen LogP contribution in [0, 0.1) is 0 Å². The highest BCUT2D eigenvalue weighted by molar-refractivity contribution is 7.89. The fourth-order valence-corrected chi connectivity index (χ4v) is 2.71. The van der Waals surface area contributed by atoms with E-state index in [1.807, 2.05) is 13.8 Å². The number of fused-ring (bicyclic) bond motifs is 1. The number of rotatable bonds is 8. The Bertz CT molecular complexity index is 705. The fourth-order valence-electron chi connectivity index (χ4n) is 1.90. The Morgan fingerprint density at radius 2 is 2.00 bits per heavy atom. The number of ether oxygens (including phenoxy) is 3. The third kappa shape index (κ3) is 5.25. The van der Waals surface area contributed by atoms with Gasteiger partial charge in [0.2, 0.25) is 22.7 Å². The third-order valence-electron chi connectivity index (χ3n) is 3.07. The molecule has 0 saturated carbocycles. The van der Waals surface area contributed by atoms with Crippen molar-refractivity contribution in [2.24, 2.45) is 0 Å². The van der Waals surface area contributed by atoms with Gasteiger partial charge >= 0.3 is 0 Å². The quantitative estimate of drug-likeness (QED) is 0.569. The molecule has 1 aromatic carbocycles. The smallest absolute Gasteiger partial charge is 0.239 e. The summed E-state index contributed by atoms with van der Waals surface area (Å²) in [5.74, 6) is 0.196. The normalized spacial score (nSPS) is 13.3. The molecule has 0 fully saturated rings. The van der Waals surface area contributed by atoms with Gasteiger partial charge < -0.3 is 25.3 Å². The molecule has 0 atom stereocenters. The summed E-state index contributed by atoms with van der Waals surface area (Å²) in [6.07, 6.45) is -0.0579. The largest absolute Gasteiger partial charge is 0.454 e. The summed E-state index contributed by atoms with van der Waals surface area (Å²) in [6, 6.07) is 3.06. The van der Waals surface area contributed by atoms with Crippen LogP contribution in [0.1, 0.15) is 13.8 Å². The average molecular weight is 359 g/mol. The van der Waals surface area contributed by atoms with Crippen LogP contribution in [0.15, 0.2) is 12.1 Å². The number of anilines is 2. The van der Waals surface area contributed by atoms with E-state index in [1.165, 1.54) is 12.1 Å². The van der Waals surface area contributed by atoms with E-state index in [4.69, 9.17) is 19.9 Å². The predicted octanol–water partition coefficient (Wildman–Crippen LogP) is 0.280. The van der Waals surface area contributed by atoms with Gasteiger partial charge in [0.15, 0.2) is 11.5 Å². The van der Waals surface area contributed by atoms with E-state index in [0.29, 0.717) is 22.9 Å². The lowest BCUT2D eigenvalue weighted by atomic mass is 10.2. The minimum atomic E-state index is -3.60. The Morgan fingerprint density at radius 3 is 2.67 bits per heavy atom. The van der Waals surface area contributed by atoms with Crippen molar-refractivity contribution >= 4 is 27.3 Å². The van der Waals surface area contributed by atoms with Crippen LogP contribution < -0.4 is 25.2 Å². The number of carbonyl (C=O) groups is 1. The van der Waals surface area contributed by atoms with Crippen molar-refractivity contribution in [2.45, 2.75) is 20.0 Å². The Morgan fingerprint density at radius 1 is 1.33 bits per heavy atom. The number of carbonyl (C=O) groups excluding carboxylic acids is 1. The molecule has 1 aliphatic heterocycles. The molecular formula is C14H21N3O6S. The van der Waals surface area contributed by atoms with Crippen molar-refractivity contribution in [1.29, 1.82) is 0 Å². The minimum Gasteiger partial charge on any atom is -0.454 e. The van der Waals surface area contributed by atoms with Crippen molar-refractivity contribution in [3.63, 3.8) is 0 Å². The van der Waals surface area contributed by atoms with Crippen LogP contribution in [0.25, 0.3) is 0 Å². The molecule has 134 valence electrons. The van der Waals surface area contributed by atoms with Crippen LogP contribution >= 0.6 is 0 Å². The zero-order valence-corrected chi connectivity index (χ0v) is 14.3. The molecule has 0 saturated heterocycles. The number of hydrogen-bond acceptors (Lipinski definition) is 7. The molecule has 0 aliphatic carbocycles. The number of benzene rings is 1. The van der Waals surface area contributed by atoms with Gasteiger partial charge in [-0.15, -0.1) is 0 Å². The zero-order chi connectivity index (χ0) is 17.7. The molecule has 0 bridgehead atoms. The number of amides is 1. The number of nitrogens with two attached hydrogens (primary N) is 1. The van der Waals surface area contributed by atoms with Gasteiger partial charge in [-0.05, 0) is 13.8 Å². The highest BCUT2D eigenvalue weighted by Crippen LogP contribution is 2.38. The van der Waals surface area contributed by atoms with Gasteiger partial charge in [0, 0.05) is 12.1 Å². The zero-order valence-electron chi connectivity index (χ0n) is 13.5. The lowest BCUT2D eigenvalue weighted by molar-refractivity contribution is -0.115. The molecule has 0 aromatic heterocycles. The summed E-state index contributed by atoms with van der Waals surface area (Å²) in [5.41, 5.74) is 6.43. The lowest BCUT2D eigenvalue weighted by Gasteiger charge is -2.11. The Hall–Kier alpha value is -2.04. The van der Waals surface area contributed by atoms with Gasteiger partial charge in [0.25, 0.3) is 0 Å². The standard InChI is InChI=1S/C14H21N3O6S/c1-9(2)21-3-4-24(19,20)16-7-14(18)17-11-6-13-12(5-10(11)15)22-8-23-13/h5-6,9,16H,3-4,7-8,15H2,1-2H3,(H,17,18). The molecule has 2 rings (SSSR count). The first kappa shape index (κ1) is 18.3. The molecule has 10 heteroatoms. The second-order valence-corrected chi connectivity index (χ2v) is 7.33. The van der Waals surface area contributed by atoms with E-state index >= 15 is 0 Å². The SMILES string of the molecule is CC(C)OCCS(=O)(=O)NCC(=O)Nc1cc2c(cc1N)OCO2. The van der Waals surface area contributed by atoms with Gasteiger partial charge in [-0.3, -0.25) is 4.79 Å². The second-order valence-electron chi connectivity index (χ2n) is 5.40. The van der Waals surface area contributed by atoms with Crippen molar-refractivity contribution in [3.05, 3.63) is 12.1 Å². The maximum absolute atomic E-state index is 11.9. The molecule has 1 aromatic rings. The van der Waals surface area contributed by atoms with Crippen LogP contribution in [0.5, 0.6) is 11.5 Å². The van der Waals surface area contributed by atoms with Crippen LogP contribution in [0.3, 0.4) is 0 Å². The summed E-state index contributed by atoms with van der Waals surface area (Å²) < 4.78 is 41.3. The summed E-state index contributed by atoms with van der Waals surface area (Å²) >= 11 is 0. The van der Waals surface area contributed by atoms with Gasteiger partial charge in [-0.2, -0.15) is 0 Å². The Labute approximate surface area is 140 Å². The molecule has 1 amide bonds. The summed E-state index contributed by atoms with van der Waals surface area (Å²) in [7, 11) is -3.60. The second kappa shape index (κ2) is 7.69. The number of nitrogen functional groups attached to an aromatic ring is 1. The topological polar surface area (TPSA) is 129 Å². The van der Waals surface area contributed by atoms with E-state index in [1.54, 1.807) is 0 Å². The van der Waals surface area contributed by atoms with Crippen molar-refractivity contribution in [3.8, 4) is 11.5 Å². The first-order chi connectivity index (χ1) is 11.3. The van der Waals surface area contributed by atoms with Crippen molar-refractivity contribution < 1.29 is 27.4 Å². The Balaban J connectivity index is 1.85.